The molecule has 1 unspecified atom stereocenters. The first kappa shape index (κ1) is 11.7. The standard InChI is InChI=1S/C12H18N2OS/c1-12(2)5-3-9(15-12)8-16-11-4-6-14-7-10(11)13/h4,6-7,9H,3,5,8,13H2,1-2H3. The number of ether oxygens (including phenoxy) is 1. The largest absolute Gasteiger partial charge is 0.397 e. The van der Waals surface area contributed by atoms with E-state index in [0.717, 1.165) is 29.2 Å². The Balaban J connectivity index is 1.87. The second-order valence-electron chi connectivity index (χ2n) is 4.76. The lowest BCUT2D eigenvalue weighted by Gasteiger charge is -2.19. The van der Waals surface area contributed by atoms with E-state index in [1.54, 1.807) is 24.2 Å². The minimum atomic E-state index is 0.0506. The number of nitrogens with zero attached hydrogens (tertiary/aromatic N) is 1. The third-order valence-corrected chi connectivity index (χ3v) is 4.01. The van der Waals surface area contributed by atoms with Gasteiger partial charge in [-0.1, -0.05) is 0 Å². The number of hydrogen-bond acceptors (Lipinski definition) is 4. The van der Waals surface area contributed by atoms with E-state index in [4.69, 9.17) is 10.5 Å². The van der Waals surface area contributed by atoms with Crippen LogP contribution in [0.2, 0.25) is 0 Å². The molecule has 88 valence electrons. The van der Waals surface area contributed by atoms with Crippen LogP contribution in [0.1, 0.15) is 26.7 Å². The van der Waals surface area contributed by atoms with Crippen molar-refractivity contribution in [3.63, 3.8) is 0 Å². The zero-order chi connectivity index (χ0) is 11.6. The highest BCUT2D eigenvalue weighted by molar-refractivity contribution is 7.99. The summed E-state index contributed by atoms with van der Waals surface area (Å²) in [6.07, 6.45) is 6.11. The fourth-order valence-electron chi connectivity index (χ4n) is 1.90. The van der Waals surface area contributed by atoms with Gasteiger partial charge < -0.3 is 10.5 Å². The smallest absolute Gasteiger partial charge is 0.0677 e. The van der Waals surface area contributed by atoms with E-state index < -0.39 is 0 Å². The Hall–Kier alpha value is -0.740. The van der Waals surface area contributed by atoms with Gasteiger partial charge in [-0.15, -0.1) is 11.8 Å². The minimum absolute atomic E-state index is 0.0506. The van der Waals surface area contributed by atoms with Gasteiger partial charge in [0.05, 0.1) is 23.6 Å². The van der Waals surface area contributed by atoms with Gasteiger partial charge in [-0.3, -0.25) is 4.98 Å². The van der Waals surface area contributed by atoms with Crippen molar-refractivity contribution < 1.29 is 4.74 Å². The Morgan fingerprint density at radius 3 is 3.06 bits per heavy atom. The van der Waals surface area contributed by atoms with Crippen molar-refractivity contribution in [3.8, 4) is 0 Å². The fraction of sp³-hybridized carbons (Fsp3) is 0.583. The third-order valence-electron chi connectivity index (χ3n) is 2.79. The normalized spacial score (nSPS) is 23.5. The molecule has 0 saturated carbocycles. The molecule has 1 aliphatic heterocycles. The molecule has 1 aromatic rings. The summed E-state index contributed by atoms with van der Waals surface area (Å²) < 4.78 is 5.93. The Labute approximate surface area is 101 Å². The molecule has 0 radical (unpaired) electrons. The number of thioether (sulfide) groups is 1. The van der Waals surface area contributed by atoms with Gasteiger partial charge in [0.25, 0.3) is 0 Å². The number of anilines is 1. The summed E-state index contributed by atoms with van der Waals surface area (Å²) in [5.74, 6) is 0.970. The molecule has 0 aromatic carbocycles. The van der Waals surface area contributed by atoms with Gasteiger partial charge in [0.2, 0.25) is 0 Å². The Bertz CT molecular complexity index is 368. The molecule has 16 heavy (non-hydrogen) atoms. The van der Waals surface area contributed by atoms with Gasteiger partial charge in [-0.05, 0) is 32.8 Å². The van der Waals surface area contributed by atoms with Crippen LogP contribution in [-0.4, -0.2) is 22.4 Å². The molecular formula is C12H18N2OS. The first-order chi connectivity index (χ1) is 7.57. The summed E-state index contributed by atoms with van der Waals surface area (Å²) in [7, 11) is 0. The van der Waals surface area contributed by atoms with Crippen LogP contribution >= 0.6 is 11.8 Å². The number of nitrogens with two attached hydrogens (primary N) is 1. The highest BCUT2D eigenvalue weighted by atomic mass is 32.2. The molecule has 2 N–H and O–H groups in total. The Morgan fingerprint density at radius 2 is 2.44 bits per heavy atom. The van der Waals surface area contributed by atoms with E-state index in [0.29, 0.717) is 6.10 Å². The van der Waals surface area contributed by atoms with Crippen LogP contribution < -0.4 is 5.73 Å². The molecular weight excluding hydrogens is 220 g/mol. The molecule has 1 aliphatic rings. The van der Waals surface area contributed by atoms with Crippen LogP contribution in [0, 0.1) is 0 Å². The SMILES string of the molecule is CC1(C)CCC(CSc2ccncc2N)O1. The number of nitrogen functional groups attached to an aromatic ring is 1. The Morgan fingerprint density at radius 1 is 1.62 bits per heavy atom. The predicted molar refractivity (Wildman–Crippen MR) is 67.6 cm³/mol. The van der Waals surface area contributed by atoms with Crippen molar-refractivity contribution in [1.82, 2.24) is 4.98 Å². The molecule has 0 spiro atoms. The van der Waals surface area contributed by atoms with Crippen molar-refractivity contribution in [2.75, 3.05) is 11.5 Å². The summed E-state index contributed by atoms with van der Waals surface area (Å²) in [5.41, 5.74) is 6.64. The van der Waals surface area contributed by atoms with Crippen LogP contribution in [0.25, 0.3) is 0 Å². The van der Waals surface area contributed by atoms with Crippen LogP contribution in [0.5, 0.6) is 0 Å². The maximum absolute atomic E-state index is 5.93. The maximum Gasteiger partial charge on any atom is 0.0677 e. The van der Waals surface area contributed by atoms with Gasteiger partial charge in [-0.25, -0.2) is 0 Å². The first-order valence-corrected chi connectivity index (χ1v) is 6.55. The molecule has 4 heteroatoms. The van der Waals surface area contributed by atoms with E-state index in [2.05, 4.69) is 18.8 Å². The highest BCUT2D eigenvalue weighted by Gasteiger charge is 2.31. The van der Waals surface area contributed by atoms with Crippen LogP contribution in [0.15, 0.2) is 23.4 Å². The molecule has 2 heterocycles. The average Bonchev–Trinajstić information content (AvgIpc) is 2.57. The average molecular weight is 238 g/mol. The number of rotatable bonds is 3. The summed E-state index contributed by atoms with van der Waals surface area (Å²) >= 11 is 1.76. The first-order valence-electron chi connectivity index (χ1n) is 5.57. The van der Waals surface area contributed by atoms with Crippen molar-refractivity contribution >= 4 is 17.4 Å². The van der Waals surface area contributed by atoms with Crippen molar-refractivity contribution in [2.45, 2.75) is 43.3 Å². The van der Waals surface area contributed by atoms with Crippen molar-refractivity contribution in [2.24, 2.45) is 0 Å². The monoisotopic (exact) mass is 238 g/mol. The lowest BCUT2D eigenvalue weighted by atomic mass is 10.1. The molecule has 0 aliphatic carbocycles. The van der Waals surface area contributed by atoms with E-state index in [9.17, 15) is 0 Å². The zero-order valence-electron chi connectivity index (χ0n) is 9.77. The summed E-state index contributed by atoms with van der Waals surface area (Å²) in [6.45, 7) is 4.30. The highest BCUT2D eigenvalue weighted by Crippen LogP contribution is 2.33. The molecule has 1 saturated heterocycles. The van der Waals surface area contributed by atoms with E-state index in [-0.39, 0.29) is 5.60 Å². The van der Waals surface area contributed by atoms with Gasteiger partial charge in [0.1, 0.15) is 0 Å². The van der Waals surface area contributed by atoms with Gasteiger partial charge in [-0.2, -0.15) is 0 Å². The van der Waals surface area contributed by atoms with Gasteiger partial charge in [0, 0.05) is 16.8 Å². The van der Waals surface area contributed by atoms with E-state index in [1.807, 2.05) is 6.07 Å². The molecule has 1 atom stereocenters. The molecule has 2 rings (SSSR count). The van der Waals surface area contributed by atoms with Crippen LogP contribution in [-0.2, 0) is 4.74 Å². The second kappa shape index (κ2) is 4.63. The van der Waals surface area contributed by atoms with E-state index >= 15 is 0 Å². The predicted octanol–water partition coefficient (Wildman–Crippen LogP) is 2.71. The zero-order valence-corrected chi connectivity index (χ0v) is 10.6. The fourth-order valence-corrected chi connectivity index (χ4v) is 2.88. The van der Waals surface area contributed by atoms with Crippen LogP contribution in [0.4, 0.5) is 5.69 Å². The van der Waals surface area contributed by atoms with Crippen molar-refractivity contribution in [3.05, 3.63) is 18.5 Å². The third kappa shape index (κ3) is 2.89. The molecule has 1 aromatic heterocycles. The number of hydrogen-bond donors (Lipinski definition) is 1. The van der Waals surface area contributed by atoms with Gasteiger partial charge >= 0.3 is 0 Å². The molecule has 0 amide bonds. The van der Waals surface area contributed by atoms with Gasteiger partial charge in [0.15, 0.2) is 0 Å². The summed E-state index contributed by atoms with van der Waals surface area (Å²) in [4.78, 5) is 5.08. The molecule has 3 nitrogen and oxygen atoms in total. The Kier molecular flexibility index (Phi) is 3.40. The summed E-state index contributed by atoms with van der Waals surface area (Å²) in [5, 5.41) is 0. The van der Waals surface area contributed by atoms with E-state index in [1.165, 1.54) is 0 Å². The maximum atomic E-state index is 5.93. The lowest BCUT2D eigenvalue weighted by molar-refractivity contribution is -0.00466. The second-order valence-corrected chi connectivity index (χ2v) is 5.82. The molecule has 0 bridgehead atoms. The summed E-state index contributed by atoms with van der Waals surface area (Å²) in [6, 6.07) is 1.96. The van der Waals surface area contributed by atoms with Crippen LogP contribution in [0.3, 0.4) is 0 Å². The topological polar surface area (TPSA) is 48.1 Å². The van der Waals surface area contributed by atoms with Crippen molar-refractivity contribution in [1.29, 1.82) is 0 Å². The quantitative estimate of drug-likeness (QED) is 0.823. The lowest BCUT2D eigenvalue weighted by Crippen LogP contribution is -2.21. The molecule has 1 fully saturated rings. The number of aromatic nitrogens is 1. The number of pyridine rings is 1. The minimum Gasteiger partial charge on any atom is -0.397 e.